The monoisotopic (exact) mass is 287 g/mol. The average Bonchev–Trinajstić information content (AvgIpc) is 2.47. The topological polar surface area (TPSA) is 111 Å². The van der Waals surface area contributed by atoms with E-state index in [1.165, 1.54) is 24.3 Å². The number of ether oxygens (including phenoxy) is 1. The minimum atomic E-state index is -0.472. The Labute approximate surface area is 120 Å². The molecule has 108 valence electrons. The van der Waals surface area contributed by atoms with Gasteiger partial charge in [-0.05, 0) is 42.8 Å². The summed E-state index contributed by atoms with van der Waals surface area (Å²) in [7, 11) is 0. The van der Waals surface area contributed by atoms with Crippen LogP contribution in [-0.4, -0.2) is 16.0 Å². The summed E-state index contributed by atoms with van der Waals surface area (Å²) in [6.07, 6.45) is 0. The summed E-state index contributed by atoms with van der Waals surface area (Å²) < 4.78 is 5.60. The number of nitro benzene ring substituents is 1. The third-order valence-electron chi connectivity index (χ3n) is 2.86. The molecule has 2 aromatic carbocycles. The van der Waals surface area contributed by atoms with E-state index in [1.54, 1.807) is 25.1 Å². The normalized spacial score (nSPS) is 11.2. The number of aryl methyl sites for hydroxylation is 1. The third-order valence-corrected chi connectivity index (χ3v) is 2.86. The number of amidine groups is 1. The van der Waals surface area contributed by atoms with Gasteiger partial charge in [0.25, 0.3) is 5.69 Å². The Balaban J connectivity index is 2.20. The van der Waals surface area contributed by atoms with Gasteiger partial charge in [-0.25, -0.2) is 0 Å². The second-order valence-electron chi connectivity index (χ2n) is 4.32. The number of nitro groups is 1. The minimum absolute atomic E-state index is 0.000749. The van der Waals surface area contributed by atoms with Gasteiger partial charge in [-0.1, -0.05) is 5.16 Å². The highest BCUT2D eigenvalue weighted by molar-refractivity contribution is 5.98. The fourth-order valence-electron chi connectivity index (χ4n) is 1.81. The van der Waals surface area contributed by atoms with Crippen molar-refractivity contribution in [2.24, 2.45) is 10.9 Å². The molecule has 0 aromatic heterocycles. The molecule has 21 heavy (non-hydrogen) atoms. The number of hydrogen-bond donors (Lipinski definition) is 2. The summed E-state index contributed by atoms with van der Waals surface area (Å²) in [5.41, 5.74) is 6.93. The van der Waals surface area contributed by atoms with Crippen LogP contribution in [0.2, 0.25) is 0 Å². The van der Waals surface area contributed by atoms with Crippen LogP contribution in [0.5, 0.6) is 11.5 Å². The molecule has 0 saturated heterocycles. The maximum atomic E-state index is 10.6. The van der Waals surface area contributed by atoms with Crippen molar-refractivity contribution in [1.82, 2.24) is 0 Å². The summed E-state index contributed by atoms with van der Waals surface area (Å²) in [6.45, 7) is 1.80. The molecule has 0 radical (unpaired) electrons. The average molecular weight is 287 g/mol. The van der Waals surface area contributed by atoms with Gasteiger partial charge in [0.2, 0.25) is 0 Å². The second kappa shape index (κ2) is 5.91. The number of nitrogens with two attached hydrogens (primary N) is 1. The molecular weight excluding hydrogens is 274 g/mol. The molecule has 0 amide bonds. The van der Waals surface area contributed by atoms with Gasteiger partial charge in [0.15, 0.2) is 5.84 Å². The Morgan fingerprint density at radius 3 is 2.38 bits per heavy atom. The predicted octanol–water partition coefficient (Wildman–Crippen LogP) is 2.79. The highest BCUT2D eigenvalue weighted by Gasteiger charge is 2.07. The molecule has 0 spiro atoms. The molecule has 0 aliphatic heterocycles. The lowest BCUT2D eigenvalue weighted by Crippen LogP contribution is -2.14. The van der Waals surface area contributed by atoms with Gasteiger partial charge in [0.1, 0.15) is 11.5 Å². The van der Waals surface area contributed by atoms with Crippen LogP contribution < -0.4 is 10.5 Å². The predicted molar refractivity (Wildman–Crippen MR) is 76.9 cm³/mol. The second-order valence-corrected chi connectivity index (χ2v) is 4.32. The first-order valence-electron chi connectivity index (χ1n) is 6.02. The molecule has 3 N–H and O–H groups in total. The first kappa shape index (κ1) is 14.3. The van der Waals surface area contributed by atoms with Gasteiger partial charge < -0.3 is 15.7 Å². The summed E-state index contributed by atoms with van der Waals surface area (Å²) in [5.74, 6) is 1.06. The Morgan fingerprint density at radius 2 is 1.86 bits per heavy atom. The number of nitrogens with zero attached hydrogens (tertiary/aromatic N) is 2. The van der Waals surface area contributed by atoms with Crippen molar-refractivity contribution in [3.8, 4) is 11.5 Å². The van der Waals surface area contributed by atoms with Crippen molar-refractivity contribution in [2.45, 2.75) is 6.92 Å². The van der Waals surface area contributed by atoms with Gasteiger partial charge in [-0.2, -0.15) is 0 Å². The van der Waals surface area contributed by atoms with Crippen molar-refractivity contribution >= 4 is 11.5 Å². The first-order valence-corrected chi connectivity index (χ1v) is 6.02. The van der Waals surface area contributed by atoms with Crippen LogP contribution in [0, 0.1) is 17.0 Å². The van der Waals surface area contributed by atoms with Gasteiger partial charge >= 0.3 is 0 Å². The van der Waals surface area contributed by atoms with Crippen LogP contribution in [0.15, 0.2) is 47.6 Å². The molecule has 0 atom stereocenters. The number of oxime groups is 1. The molecule has 0 aliphatic rings. The van der Waals surface area contributed by atoms with Crippen molar-refractivity contribution in [3.63, 3.8) is 0 Å². The smallest absolute Gasteiger partial charge is 0.269 e. The molecule has 0 unspecified atom stereocenters. The standard InChI is InChI=1S/C14H13N3O4/c1-9-8-12(6-7-13(9)14(15)16-18)21-11-4-2-10(3-5-11)17(19)20/h2-8,18H,1H3,(H2,15,16). The Bertz CT molecular complexity index is 696. The fraction of sp³-hybridized carbons (Fsp3) is 0.0714. The van der Waals surface area contributed by atoms with Crippen LogP contribution in [0.3, 0.4) is 0 Å². The summed E-state index contributed by atoms with van der Waals surface area (Å²) >= 11 is 0. The lowest BCUT2D eigenvalue weighted by Gasteiger charge is -2.09. The third kappa shape index (κ3) is 3.27. The summed E-state index contributed by atoms with van der Waals surface area (Å²) in [6, 6.07) is 10.8. The zero-order chi connectivity index (χ0) is 15.4. The summed E-state index contributed by atoms with van der Waals surface area (Å²) in [5, 5.41) is 22.2. The molecule has 2 rings (SSSR count). The molecule has 0 saturated carbocycles. The lowest BCUT2D eigenvalue weighted by atomic mass is 10.1. The molecular formula is C14H13N3O4. The van der Waals surface area contributed by atoms with Gasteiger partial charge in [-0.3, -0.25) is 10.1 Å². The largest absolute Gasteiger partial charge is 0.457 e. The lowest BCUT2D eigenvalue weighted by molar-refractivity contribution is -0.384. The van der Waals surface area contributed by atoms with Crippen LogP contribution in [0.1, 0.15) is 11.1 Å². The molecule has 7 nitrogen and oxygen atoms in total. The molecule has 0 aliphatic carbocycles. The van der Waals surface area contributed by atoms with E-state index in [4.69, 9.17) is 15.7 Å². The van der Waals surface area contributed by atoms with Crippen LogP contribution in [0.25, 0.3) is 0 Å². The molecule has 7 heteroatoms. The highest BCUT2D eigenvalue weighted by Crippen LogP contribution is 2.25. The van der Waals surface area contributed by atoms with Crippen LogP contribution in [0.4, 0.5) is 5.69 Å². The number of rotatable bonds is 4. The number of non-ortho nitro benzene ring substituents is 1. The van der Waals surface area contributed by atoms with E-state index >= 15 is 0 Å². The van der Waals surface area contributed by atoms with Crippen molar-refractivity contribution in [3.05, 3.63) is 63.7 Å². The Kier molecular flexibility index (Phi) is 4.03. The first-order chi connectivity index (χ1) is 10.0. The minimum Gasteiger partial charge on any atom is -0.457 e. The van der Waals surface area contributed by atoms with Crippen molar-refractivity contribution < 1.29 is 14.9 Å². The molecule has 0 fully saturated rings. The van der Waals surface area contributed by atoms with E-state index in [1.807, 2.05) is 0 Å². The molecule has 0 heterocycles. The fourth-order valence-corrected chi connectivity index (χ4v) is 1.81. The Morgan fingerprint density at radius 1 is 1.24 bits per heavy atom. The number of hydrogen-bond acceptors (Lipinski definition) is 5. The van der Waals surface area contributed by atoms with Crippen molar-refractivity contribution in [1.29, 1.82) is 0 Å². The van der Waals surface area contributed by atoms with Gasteiger partial charge in [0, 0.05) is 17.7 Å². The van der Waals surface area contributed by atoms with E-state index in [0.29, 0.717) is 17.1 Å². The maximum absolute atomic E-state index is 10.6. The quantitative estimate of drug-likeness (QED) is 0.295. The van der Waals surface area contributed by atoms with E-state index in [9.17, 15) is 10.1 Å². The van der Waals surface area contributed by atoms with E-state index in [0.717, 1.165) is 5.56 Å². The van der Waals surface area contributed by atoms with E-state index in [-0.39, 0.29) is 11.5 Å². The zero-order valence-electron chi connectivity index (χ0n) is 11.2. The zero-order valence-corrected chi connectivity index (χ0v) is 11.2. The maximum Gasteiger partial charge on any atom is 0.269 e. The van der Waals surface area contributed by atoms with Crippen molar-refractivity contribution in [2.75, 3.05) is 0 Å². The van der Waals surface area contributed by atoms with Gasteiger partial charge in [-0.15, -0.1) is 0 Å². The van der Waals surface area contributed by atoms with E-state index < -0.39 is 4.92 Å². The molecule has 0 bridgehead atoms. The summed E-state index contributed by atoms with van der Waals surface area (Å²) in [4.78, 5) is 10.1. The Hall–Kier alpha value is -3.09. The SMILES string of the molecule is Cc1cc(Oc2ccc([N+](=O)[O-])cc2)ccc1/C(N)=N/O. The van der Waals surface area contributed by atoms with Crippen LogP contribution in [-0.2, 0) is 0 Å². The number of benzene rings is 2. The van der Waals surface area contributed by atoms with Gasteiger partial charge in [0.05, 0.1) is 4.92 Å². The van der Waals surface area contributed by atoms with E-state index in [2.05, 4.69) is 5.16 Å². The highest BCUT2D eigenvalue weighted by atomic mass is 16.6. The van der Waals surface area contributed by atoms with Crippen LogP contribution >= 0.6 is 0 Å². The molecule has 2 aromatic rings.